The van der Waals surface area contributed by atoms with E-state index in [-0.39, 0.29) is 69.1 Å². The van der Waals surface area contributed by atoms with Crippen LogP contribution in [0, 0.1) is 10.8 Å². The van der Waals surface area contributed by atoms with Crippen molar-refractivity contribution in [3.8, 4) is 0 Å². The van der Waals surface area contributed by atoms with Gasteiger partial charge in [0.2, 0.25) is 10.8 Å². The molecule has 11 heteroatoms. The fourth-order valence-corrected chi connectivity index (χ4v) is 3.28. The van der Waals surface area contributed by atoms with Crippen molar-refractivity contribution in [3.05, 3.63) is 58.5 Å². The summed E-state index contributed by atoms with van der Waals surface area (Å²) in [7, 11) is 0. The van der Waals surface area contributed by atoms with Crippen LogP contribution >= 0.6 is 0 Å². The van der Waals surface area contributed by atoms with Gasteiger partial charge in [-0.15, -0.1) is 0 Å². The van der Waals surface area contributed by atoms with Gasteiger partial charge in [0.25, 0.3) is 0 Å². The van der Waals surface area contributed by atoms with Gasteiger partial charge in [-0.1, -0.05) is 27.7 Å². The maximum atomic E-state index is 8.59. The number of benzene rings is 2. The molecule has 0 bridgehead atoms. The first-order chi connectivity index (χ1) is 14.6. The van der Waals surface area contributed by atoms with Gasteiger partial charge in [0.1, 0.15) is 0 Å². The Morgan fingerprint density at radius 1 is 0.514 bits per heavy atom. The molecule has 0 N–H and O–H groups in total. The molecule has 0 fully saturated rings. The molecule has 2 aromatic rings. The van der Waals surface area contributed by atoms with Gasteiger partial charge in [-0.25, -0.2) is 0 Å². The molecule has 0 aliphatic carbocycles. The number of halogens is 4. The van der Waals surface area contributed by atoms with Gasteiger partial charge in [0, 0.05) is 61.8 Å². The molecule has 0 atom stereocenters. The molecule has 0 spiro atoms. The molecule has 0 unspecified atom stereocenters. The van der Waals surface area contributed by atoms with Gasteiger partial charge in [-0.3, -0.25) is 0 Å². The van der Waals surface area contributed by atoms with E-state index in [9.17, 15) is 0 Å². The fraction of sp³-hybridized carbons (Fsp3) is 0.500. The summed E-state index contributed by atoms with van der Waals surface area (Å²) in [6.45, 7) is 13.0. The summed E-state index contributed by atoms with van der Waals surface area (Å²) in [5.74, 6) is 0. The third-order valence-electron chi connectivity index (χ3n) is 4.63. The Kier molecular flexibility index (Phi) is 34.0. The van der Waals surface area contributed by atoms with Crippen molar-refractivity contribution < 1.29 is 69.1 Å². The van der Waals surface area contributed by atoms with Gasteiger partial charge in [0.05, 0.1) is 0 Å². The largest absolute Gasteiger partial charge is 2.00 e. The molecule has 0 saturated heterocycles. The molecule has 2 aromatic carbocycles. The van der Waals surface area contributed by atoms with E-state index in [0.717, 1.165) is 51.9 Å². The monoisotopic (exact) mass is 612 g/mol. The van der Waals surface area contributed by atoms with E-state index in [1.807, 2.05) is 48.5 Å². The summed E-state index contributed by atoms with van der Waals surface area (Å²) in [5, 5.41) is 17.2. The zero-order valence-electron chi connectivity index (χ0n) is 21.2. The van der Waals surface area contributed by atoms with Gasteiger partial charge in [-0.05, 0) is 49.9 Å². The Labute approximate surface area is 249 Å². The van der Waals surface area contributed by atoms with Crippen LogP contribution in [0.2, 0.25) is 0 Å². The van der Waals surface area contributed by atoms with Gasteiger partial charge in [-0.2, -0.15) is 0 Å². The van der Waals surface area contributed by atoms with Crippen molar-refractivity contribution in [1.82, 2.24) is 0 Å². The molecule has 0 radical (unpaired) electrons. The Morgan fingerprint density at radius 3 is 0.914 bits per heavy atom. The third kappa shape index (κ3) is 16.9. The Hall–Kier alpha value is -1.34. The van der Waals surface area contributed by atoms with Gasteiger partial charge < -0.3 is 59.4 Å². The molecule has 0 aliphatic rings. The maximum absolute atomic E-state index is 8.59. The van der Waals surface area contributed by atoms with Crippen LogP contribution in [0.1, 0.15) is 53.4 Å². The first-order valence-corrected chi connectivity index (χ1v) is 11.0. The van der Waals surface area contributed by atoms with Crippen LogP contribution in [-0.2, 0) is 19.5 Å². The zero-order chi connectivity index (χ0) is 22.2. The van der Waals surface area contributed by atoms with Crippen LogP contribution in [0.25, 0.3) is 9.95 Å². The van der Waals surface area contributed by atoms with Crippen molar-refractivity contribution in [2.45, 2.75) is 53.4 Å². The van der Waals surface area contributed by atoms with E-state index in [1.165, 1.54) is 11.4 Å². The normalized spacial score (nSPS) is 8.29. The minimum Gasteiger partial charge on any atom is -1.00 e. The summed E-state index contributed by atoms with van der Waals surface area (Å²) in [6, 6.07) is 15.3. The van der Waals surface area contributed by atoms with E-state index >= 15 is 0 Å². The van der Waals surface area contributed by atoms with E-state index in [4.69, 9.17) is 10.8 Å². The number of diazo groups is 2. The molecule has 0 aliphatic heterocycles. The number of anilines is 2. The average Bonchev–Trinajstić information content (AvgIpc) is 2.79. The quantitative estimate of drug-likeness (QED) is 0.200. The van der Waals surface area contributed by atoms with Crippen molar-refractivity contribution in [2.75, 3.05) is 36.0 Å². The first kappa shape index (κ1) is 43.7. The Morgan fingerprint density at radius 2 is 0.743 bits per heavy atom. The molecular formula is C24H36Cl4N6Zn. The molecule has 6 nitrogen and oxygen atoms in total. The molecule has 0 aromatic heterocycles. The van der Waals surface area contributed by atoms with E-state index in [1.54, 1.807) is 0 Å². The number of hydrogen-bond donors (Lipinski definition) is 0. The maximum Gasteiger partial charge on any atom is 2.00 e. The van der Waals surface area contributed by atoms with Crippen molar-refractivity contribution >= 4 is 22.7 Å². The molecule has 0 saturated carbocycles. The van der Waals surface area contributed by atoms with Crippen LogP contribution in [0.3, 0.4) is 0 Å². The molecule has 0 heterocycles. The molecule has 192 valence electrons. The van der Waals surface area contributed by atoms with E-state index in [0.29, 0.717) is 11.4 Å². The minimum atomic E-state index is 0. The fourth-order valence-electron chi connectivity index (χ4n) is 3.28. The summed E-state index contributed by atoms with van der Waals surface area (Å²) in [4.78, 5) is 11.0. The number of rotatable bonds is 10. The first-order valence-electron chi connectivity index (χ1n) is 11.0. The molecule has 35 heavy (non-hydrogen) atoms. The smallest absolute Gasteiger partial charge is 1.00 e. The minimum absolute atomic E-state index is 0. The van der Waals surface area contributed by atoms with E-state index in [2.05, 4.69) is 47.4 Å². The SMILES string of the molecule is CCCN(CCC)c1ccc([N+]#N)cc1.CCCN(CCC)c1ccc([N+]#N)cc1.[Cl-].[Cl-].[Cl-].[Cl-].[Zn+2]. The molecule has 0 amide bonds. The Bertz CT molecular complexity index is 729. The van der Waals surface area contributed by atoms with Crippen molar-refractivity contribution in [3.63, 3.8) is 0 Å². The Balaban J connectivity index is -0.000000150. The third-order valence-corrected chi connectivity index (χ3v) is 4.63. The second-order valence-corrected chi connectivity index (χ2v) is 7.21. The summed E-state index contributed by atoms with van der Waals surface area (Å²) in [6.07, 6.45) is 4.58. The summed E-state index contributed by atoms with van der Waals surface area (Å²) < 4.78 is 0. The topological polar surface area (TPSA) is 62.8 Å². The predicted molar refractivity (Wildman–Crippen MR) is 128 cm³/mol. The van der Waals surface area contributed by atoms with Gasteiger partial charge >= 0.3 is 30.9 Å². The number of hydrogen-bond acceptors (Lipinski definition) is 4. The van der Waals surface area contributed by atoms with Crippen LogP contribution in [0.4, 0.5) is 22.7 Å². The zero-order valence-corrected chi connectivity index (χ0v) is 27.2. The second-order valence-electron chi connectivity index (χ2n) is 7.21. The van der Waals surface area contributed by atoms with E-state index < -0.39 is 0 Å². The number of nitrogens with zero attached hydrogens (tertiary/aromatic N) is 6. The van der Waals surface area contributed by atoms with Crippen molar-refractivity contribution in [1.29, 1.82) is 10.8 Å². The van der Waals surface area contributed by atoms with Crippen LogP contribution in [0.5, 0.6) is 0 Å². The van der Waals surface area contributed by atoms with Crippen LogP contribution < -0.4 is 59.4 Å². The van der Waals surface area contributed by atoms with Gasteiger partial charge in [0.15, 0.2) is 9.95 Å². The average molecular weight is 616 g/mol. The molecular weight excluding hydrogens is 580 g/mol. The van der Waals surface area contributed by atoms with Crippen molar-refractivity contribution in [2.24, 2.45) is 0 Å². The predicted octanol–water partition coefficient (Wildman–Crippen LogP) is -4.39. The second kappa shape index (κ2) is 27.3. The summed E-state index contributed by atoms with van der Waals surface area (Å²) in [5.41, 5.74) is 3.61. The van der Waals surface area contributed by atoms with Crippen LogP contribution in [0.15, 0.2) is 48.5 Å². The molecule has 2 rings (SSSR count). The van der Waals surface area contributed by atoms with Crippen LogP contribution in [-0.4, -0.2) is 26.2 Å². The summed E-state index contributed by atoms with van der Waals surface area (Å²) >= 11 is 0. The standard InChI is InChI=1S/2C12H18N3.4ClH.Zn/c2*1-3-9-15(10-4-2)12-7-5-11(14-13)6-8-12;;;;;/h2*5-8H,3-4,9-10H2,1-2H3;4*1H;/q2*+1;;;;;+2/p-4.